The Morgan fingerprint density at radius 2 is 1.89 bits per heavy atom. The summed E-state index contributed by atoms with van der Waals surface area (Å²) < 4.78 is 40.4. The molecule has 3 rings (SSSR count). The van der Waals surface area contributed by atoms with E-state index in [1.807, 2.05) is 27.1 Å². The van der Waals surface area contributed by atoms with E-state index in [9.17, 15) is 23.1 Å². The van der Waals surface area contributed by atoms with Gasteiger partial charge in [-0.25, -0.2) is 0 Å². The van der Waals surface area contributed by atoms with Crippen LogP contribution in [0.5, 0.6) is 5.75 Å². The van der Waals surface area contributed by atoms with E-state index in [0.717, 1.165) is 37.6 Å². The monoisotopic (exact) mass is 394 g/mol. The van der Waals surface area contributed by atoms with Crippen LogP contribution in [0, 0.1) is 0 Å². The lowest BCUT2D eigenvalue weighted by Gasteiger charge is -2.31. The molecule has 7 heteroatoms. The van der Waals surface area contributed by atoms with E-state index in [1.165, 1.54) is 6.07 Å². The summed E-state index contributed by atoms with van der Waals surface area (Å²) in [6.07, 6.45) is -0.866. The first-order valence-electron chi connectivity index (χ1n) is 9.43. The maximum absolute atomic E-state index is 13.2. The molecule has 2 aromatic rings. The maximum Gasteiger partial charge on any atom is 0.416 e. The minimum atomic E-state index is -4.55. The normalized spacial score (nSPS) is 18.6. The summed E-state index contributed by atoms with van der Waals surface area (Å²) in [5.74, 6) is -0.413. The molecule has 1 unspecified atom stereocenters. The maximum atomic E-state index is 13.2. The fraction of sp³-hybridized carbons (Fsp3) is 0.476. The Morgan fingerprint density at radius 1 is 1.18 bits per heavy atom. The Balaban J connectivity index is 2.14. The molecule has 1 aromatic heterocycles. The number of phenolic OH excluding ortho intramolecular Hbond substituents is 1. The quantitative estimate of drug-likeness (QED) is 0.826. The lowest BCUT2D eigenvalue weighted by Crippen LogP contribution is -2.38. The number of aromatic nitrogens is 1. The zero-order chi connectivity index (χ0) is 20.6. The summed E-state index contributed by atoms with van der Waals surface area (Å²) in [4.78, 5) is 15.4. The van der Waals surface area contributed by atoms with Crippen LogP contribution < -0.4 is 5.56 Å². The number of pyridine rings is 1. The number of piperidine rings is 1. The number of hydrogen-bond donors (Lipinski definition) is 1. The highest BCUT2D eigenvalue weighted by Gasteiger charge is 2.31. The molecule has 1 saturated heterocycles. The van der Waals surface area contributed by atoms with Crippen molar-refractivity contribution in [1.29, 1.82) is 0 Å². The average molecular weight is 394 g/mol. The molecule has 1 aliphatic heterocycles. The SMILES string of the molecule is CC(C)c1cc(-c2ccc(C(F)(F)F)cc2O)c(=O)n(C2CCCN(C)C2)c1. The third-order valence-corrected chi connectivity index (χ3v) is 5.34. The van der Waals surface area contributed by atoms with Crippen molar-refractivity contribution in [2.45, 2.75) is 44.8 Å². The van der Waals surface area contributed by atoms with Crippen molar-refractivity contribution in [2.24, 2.45) is 0 Å². The van der Waals surface area contributed by atoms with Crippen molar-refractivity contribution in [3.63, 3.8) is 0 Å². The second kappa shape index (κ2) is 7.62. The fourth-order valence-electron chi connectivity index (χ4n) is 3.71. The van der Waals surface area contributed by atoms with Crippen LogP contribution in [-0.2, 0) is 6.18 Å². The number of likely N-dealkylation sites (N-methyl/N-ethyl adjacent to an activating group) is 1. The minimum absolute atomic E-state index is 0.000270. The van der Waals surface area contributed by atoms with E-state index in [2.05, 4.69) is 4.90 Å². The molecule has 1 N–H and O–H groups in total. The Kier molecular flexibility index (Phi) is 5.57. The van der Waals surface area contributed by atoms with E-state index in [0.29, 0.717) is 6.07 Å². The average Bonchev–Trinajstić information content (AvgIpc) is 2.61. The highest BCUT2D eigenvalue weighted by molar-refractivity contribution is 5.70. The highest BCUT2D eigenvalue weighted by Crippen LogP contribution is 2.36. The number of aromatic hydroxyl groups is 1. The summed E-state index contributed by atoms with van der Waals surface area (Å²) in [5, 5.41) is 10.2. The third kappa shape index (κ3) is 4.09. The zero-order valence-corrected chi connectivity index (χ0v) is 16.3. The topological polar surface area (TPSA) is 45.5 Å². The molecule has 0 aliphatic carbocycles. The predicted octanol–water partition coefficient (Wildman–Crippen LogP) is 4.63. The predicted molar refractivity (Wildman–Crippen MR) is 103 cm³/mol. The second-order valence-electron chi connectivity index (χ2n) is 7.84. The molecule has 28 heavy (non-hydrogen) atoms. The fourth-order valence-corrected chi connectivity index (χ4v) is 3.71. The van der Waals surface area contributed by atoms with E-state index in [-0.39, 0.29) is 28.6 Å². The van der Waals surface area contributed by atoms with Crippen LogP contribution >= 0.6 is 0 Å². The van der Waals surface area contributed by atoms with Crippen LogP contribution in [0.4, 0.5) is 13.2 Å². The van der Waals surface area contributed by atoms with Gasteiger partial charge in [-0.1, -0.05) is 13.8 Å². The summed E-state index contributed by atoms with van der Waals surface area (Å²) in [6, 6.07) is 4.43. The molecule has 1 aliphatic rings. The molecule has 1 atom stereocenters. The highest BCUT2D eigenvalue weighted by atomic mass is 19.4. The molecule has 4 nitrogen and oxygen atoms in total. The van der Waals surface area contributed by atoms with Gasteiger partial charge in [0.05, 0.1) is 11.1 Å². The number of benzene rings is 1. The van der Waals surface area contributed by atoms with E-state index in [1.54, 1.807) is 10.6 Å². The van der Waals surface area contributed by atoms with E-state index < -0.39 is 17.5 Å². The number of halogens is 3. The van der Waals surface area contributed by atoms with Crippen LogP contribution in [-0.4, -0.2) is 34.7 Å². The Labute approximate surface area is 162 Å². The van der Waals surface area contributed by atoms with Gasteiger partial charge in [-0.2, -0.15) is 13.2 Å². The molecule has 1 aromatic carbocycles. The number of rotatable bonds is 3. The van der Waals surface area contributed by atoms with Crippen molar-refractivity contribution in [2.75, 3.05) is 20.1 Å². The number of phenols is 1. The van der Waals surface area contributed by atoms with Gasteiger partial charge in [0.2, 0.25) is 0 Å². The number of nitrogens with zero attached hydrogens (tertiary/aromatic N) is 2. The van der Waals surface area contributed by atoms with Crippen LogP contribution in [0.1, 0.15) is 49.8 Å². The van der Waals surface area contributed by atoms with Crippen LogP contribution in [0.2, 0.25) is 0 Å². The van der Waals surface area contributed by atoms with Crippen LogP contribution in [0.15, 0.2) is 35.3 Å². The Bertz CT molecular complexity index is 919. The second-order valence-corrected chi connectivity index (χ2v) is 7.84. The first kappa shape index (κ1) is 20.5. The van der Waals surface area contributed by atoms with Gasteiger partial charge < -0.3 is 14.6 Å². The molecule has 0 amide bonds. The van der Waals surface area contributed by atoms with Crippen molar-refractivity contribution < 1.29 is 18.3 Å². The van der Waals surface area contributed by atoms with Crippen molar-refractivity contribution in [3.8, 4) is 16.9 Å². The van der Waals surface area contributed by atoms with Crippen molar-refractivity contribution >= 4 is 0 Å². The first-order chi connectivity index (χ1) is 13.1. The van der Waals surface area contributed by atoms with Gasteiger partial charge in [0.25, 0.3) is 5.56 Å². The minimum Gasteiger partial charge on any atom is -0.507 e. The van der Waals surface area contributed by atoms with Gasteiger partial charge in [0.15, 0.2) is 0 Å². The summed E-state index contributed by atoms with van der Waals surface area (Å²) in [5.41, 5.74) is 0.0222. The van der Waals surface area contributed by atoms with E-state index >= 15 is 0 Å². The number of hydrogen-bond acceptors (Lipinski definition) is 3. The Hall–Kier alpha value is -2.28. The van der Waals surface area contributed by atoms with Gasteiger partial charge in [0.1, 0.15) is 5.75 Å². The number of alkyl halides is 3. The zero-order valence-electron chi connectivity index (χ0n) is 16.3. The third-order valence-electron chi connectivity index (χ3n) is 5.34. The lowest BCUT2D eigenvalue weighted by atomic mass is 9.97. The van der Waals surface area contributed by atoms with E-state index in [4.69, 9.17) is 0 Å². The molecule has 0 bridgehead atoms. The molecule has 0 radical (unpaired) electrons. The standard InChI is InChI=1S/C21H25F3N2O2/c1-13(2)14-9-18(17-7-6-15(10-19(17)27)21(22,23)24)20(28)26(11-14)16-5-4-8-25(3)12-16/h6-7,9-11,13,16,27H,4-5,8,12H2,1-3H3. The van der Waals surface area contributed by atoms with Gasteiger partial charge in [-0.05, 0) is 62.2 Å². The largest absolute Gasteiger partial charge is 0.507 e. The number of likely N-dealkylation sites (tertiary alicyclic amines) is 1. The Morgan fingerprint density at radius 3 is 2.46 bits per heavy atom. The summed E-state index contributed by atoms with van der Waals surface area (Å²) in [6.45, 7) is 5.70. The molecular formula is C21H25F3N2O2. The van der Waals surface area contributed by atoms with Crippen molar-refractivity contribution in [1.82, 2.24) is 9.47 Å². The first-order valence-corrected chi connectivity index (χ1v) is 9.43. The van der Waals surface area contributed by atoms with Gasteiger partial charge >= 0.3 is 6.18 Å². The van der Waals surface area contributed by atoms with Crippen molar-refractivity contribution in [3.05, 3.63) is 51.9 Å². The molecule has 0 spiro atoms. The van der Waals surface area contributed by atoms with Gasteiger partial charge in [-0.3, -0.25) is 4.79 Å². The smallest absolute Gasteiger partial charge is 0.416 e. The summed E-state index contributed by atoms with van der Waals surface area (Å²) >= 11 is 0. The van der Waals surface area contributed by atoms with Gasteiger partial charge in [0, 0.05) is 24.3 Å². The molecule has 1 fully saturated rings. The van der Waals surface area contributed by atoms with Crippen LogP contribution in [0.3, 0.4) is 0 Å². The molecule has 2 heterocycles. The summed E-state index contributed by atoms with van der Waals surface area (Å²) in [7, 11) is 2.01. The molecule has 0 saturated carbocycles. The molecule has 152 valence electrons. The van der Waals surface area contributed by atoms with Crippen LogP contribution in [0.25, 0.3) is 11.1 Å². The van der Waals surface area contributed by atoms with Gasteiger partial charge in [-0.15, -0.1) is 0 Å². The lowest BCUT2D eigenvalue weighted by molar-refractivity contribution is -0.137. The molecular weight excluding hydrogens is 369 g/mol.